The molecule has 5 nitrogen and oxygen atoms in total. The number of phenols is 1. The van der Waals surface area contributed by atoms with Gasteiger partial charge >= 0.3 is 0 Å². The Kier molecular flexibility index (Phi) is 2.82. The van der Waals surface area contributed by atoms with Crippen LogP contribution in [0.4, 0.5) is 0 Å². The number of hydrogen-bond donors (Lipinski definition) is 1. The molecule has 0 amide bonds. The first-order chi connectivity index (χ1) is 10.7. The molecule has 1 N–H and O–H groups in total. The smallest absolute Gasteiger partial charge is 0.201 e. The summed E-state index contributed by atoms with van der Waals surface area (Å²) in [6.45, 7) is 0.504. The van der Waals surface area contributed by atoms with Gasteiger partial charge in [0.25, 0.3) is 0 Å². The minimum atomic E-state index is -0.164. The van der Waals surface area contributed by atoms with Crippen molar-refractivity contribution >= 4 is 0 Å². The van der Waals surface area contributed by atoms with E-state index in [1.807, 2.05) is 24.3 Å². The normalized spacial score (nSPS) is 21.0. The van der Waals surface area contributed by atoms with Crippen molar-refractivity contribution < 1.29 is 24.1 Å². The number of phenolic OH excluding ortho intramolecular Hbond substituents is 1. The van der Waals surface area contributed by atoms with Gasteiger partial charge in [-0.25, -0.2) is 0 Å². The van der Waals surface area contributed by atoms with Crippen LogP contribution in [0.2, 0.25) is 0 Å². The molecule has 2 aliphatic rings. The van der Waals surface area contributed by atoms with Crippen molar-refractivity contribution in [1.29, 1.82) is 0 Å². The molecule has 0 unspecified atom stereocenters. The molecule has 0 aliphatic carbocycles. The van der Waals surface area contributed by atoms with Crippen molar-refractivity contribution in [2.45, 2.75) is 12.0 Å². The molecule has 0 bridgehead atoms. The standard InChI is InChI=1S/C17H16O5/c1-19-9-3-4-11-14(7-9)21-8-12-10-5-6-13(20-2)15(18)17(10)22-16(11)12/h3-7,12,16,18H,8H2,1-2H3/t12-,16-/m0/s1. The van der Waals surface area contributed by atoms with E-state index in [0.717, 1.165) is 22.6 Å². The van der Waals surface area contributed by atoms with Gasteiger partial charge in [-0.1, -0.05) is 6.07 Å². The summed E-state index contributed by atoms with van der Waals surface area (Å²) >= 11 is 0. The zero-order chi connectivity index (χ0) is 15.3. The van der Waals surface area contributed by atoms with Crippen LogP contribution < -0.4 is 18.9 Å². The minimum absolute atomic E-state index is 0.0458. The maximum atomic E-state index is 10.3. The topological polar surface area (TPSA) is 57.2 Å². The molecule has 2 heterocycles. The van der Waals surface area contributed by atoms with Crippen LogP contribution in [0.15, 0.2) is 30.3 Å². The molecule has 0 spiro atoms. The quantitative estimate of drug-likeness (QED) is 0.924. The van der Waals surface area contributed by atoms with E-state index in [9.17, 15) is 5.11 Å². The second-order valence-corrected chi connectivity index (χ2v) is 5.39. The van der Waals surface area contributed by atoms with Crippen molar-refractivity contribution in [2.75, 3.05) is 20.8 Å². The van der Waals surface area contributed by atoms with Crippen LogP contribution in [0.25, 0.3) is 0 Å². The Hall–Kier alpha value is -2.56. The van der Waals surface area contributed by atoms with Gasteiger partial charge in [-0.3, -0.25) is 0 Å². The summed E-state index contributed by atoms with van der Waals surface area (Å²) in [7, 11) is 3.15. The fraction of sp³-hybridized carbons (Fsp3) is 0.294. The molecular weight excluding hydrogens is 284 g/mol. The predicted octanol–water partition coefficient (Wildman–Crippen LogP) is 3.02. The largest absolute Gasteiger partial charge is 0.502 e. The predicted molar refractivity (Wildman–Crippen MR) is 79.3 cm³/mol. The number of hydrogen-bond acceptors (Lipinski definition) is 5. The van der Waals surface area contributed by atoms with Crippen LogP contribution in [0.1, 0.15) is 23.1 Å². The minimum Gasteiger partial charge on any atom is -0.502 e. The number of benzene rings is 2. The Labute approximate surface area is 128 Å². The summed E-state index contributed by atoms with van der Waals surface area (Å²) in [6.07, 6.45) is -0.164. The first-order valence-corrected chi connectivity index (χ1v) is 7.10. The maximum absolute atomic E-state index is 10.3. The van der Waals surface area contributed by atoms with Crippen LogP contribution in [0, 0.1) is 0 Å². The van der Waals surface area contributed by atoms with Crippen LogP contribution >= 0.6 is 0 Å². The molecule has 22 heavy (non-hydrogen) atoms. The van der Waals surface area contributed by atoms with Gasteiger partial charge in [0.2, 0.25) is 5.75 Å². The third-order valence-electron chi connectivity index (χ3n) is 4.30. The van der Waals surface area contributed by atoms with Gasteiger partial charge in [-0.15, -0.1) is 0 Å². The Balaban J connectivity index is 1.78. The monoisotopic (exact) mass is 300 g/mol. The van der Waals surface area contributed by atoms with Crippen molar-refractivity contribution in [3.63, 3.8) is 0 Å². The Morgan fingerprint density at radius 2 is 1.91 bits per heavy atom. The second-order valence-electron chi connectivity index (χ2n) is 5.39. The van der Waals surface area contributed by atoms with Crippen LogP contribution in [-0.4, -0.2) is 25.9 Å². The fourth-order valence-corrected chi connectivity index (χ4v) is 3.16. The molecular formula is C17H16O5. The summed E-state index contributed by atoms with van der Waals surface area (Å²) in [6, 6.07) is 9.38. The van der Waals surface area contributed by atoms with Crippen molar-refractivity contribution in [3.8, 4) is 28.7 Å². The first-order valence-electron chi connectivity index (χ1n) is 7.10. The summed E-state index contributed by atoms with van der Waals surface area (Å²) in [4.78, 5) is 0. The lowest BCUT2D eigenvalue weighted by molar-refractivity contribution is 0.136. The van der Waals surface area contributed by atoms with Gasteiger partial charge in [-0.05, 0) is 18.2 Å². The van der Waals surface area contributed by atoms with Crippen LogP contribution in [0.5, 0.6) is 28.7 Å². The molecule has 0 fully saturated rings. The summed E-state index contributed by atoms with van der Waals surface area (Å²) in [5.41, 5.74) is 1.91. The summed E-state index contributed by atoms with van der Waals surface area (Å²) in [5, 5.41) is 10.3. The number of ether oxygens (including phenoxy) is 4. The van der Waals surface area contributed by atoms with Crippen molar-refractivity contribution in [1.82, 2.24) is 0 Å². The number of aromatic hydroxyl groups is 1. The van der Waals surface area contributed by atoms with Gasteiger partial charge in [0.1, 0.15) is 17.6 Å². The molecule has 2 aromatic carbocycles. The van der Waals surface area contributed by atoms with Crippen LogP contribution in [0.3, 0.4) is 0 Å². The SMILES string of the molecule is COc1ccc2c(c1)OC[C@H]1c3ccc(OC)c(O)c3O[C@@H]21. The summed E-state index contributed by atoms with van der Waals surface area (Å²) < 4.78 is 22.3. The molecule has 2 atom stereocenters. The van der Waals surface area contributed by atoms with E-state index in [-0.39, 0.29) is 17.8 Å². The highest BCUT2D eigenvalue weighted by Crippen LogP contribution is 2.55. The van der Waals surface area contributed by atoms with E-state index in [0.29, 0.717) is 18.1 Å². The van der Waals surface area contributed by atoms with Gasteiger partial charge in [0.05, 0.1) is 26.7 Å². The molecule has 4 rings (SSSR count). The lowest BCUT2D eigenvalue weighted by Crippen LogP contribution is -2.23. The Morgan fingerprint density at radius 1 is 1.09 bits per heavy atom. The maximum Gasteiger partial charge on any atom is 0.201 e. The van der Waals surface area contributed by atoms with Gasteiger partial charge < -0.3 is 24.1 Å². The zero-order valence-electron chi connectivity index (χ0n) is 12.3. The average molecular weight is 300 g/mol. The molecule has 0 radical (unpaired) electrons. The van der Waals surface area contributed by atoms with Gasteiger partial charge in [-0.2, -0.15) is 0 Å². The van der Waals surface area contributed by atoms with Gasteiger partial charge in [0, 0.05) is 17.2 Å². The molecule has 114 valence electrons. The Bertz CT molecular complexity index is 740. The van der Waals surface area contributed by atoms with E-state index in [1.54, 1.807) is 13.2 Å². The van der Waals surface area contributed by atoms with Crippen molar-refractivity contribution in [3.05, 3.63) is 41.5 Å². The fourth-order valence-electron chi connectivity index (χ4n) is 3.16. The highest BCUT2D eigenvalue weighted by molar-refractivity contribution is 5.60. The average Bonchev–Trinajstić information content (AvgIpc) is 2.94. The highest BCUT2D eigenvalue weighted by atomic mass is 16.5. The first kappa shape index (κ1) is 13.1. The summed E-state index contributed by atoms with van der Waals surface area (Å²) in [5.74, 6) is 2.52. The van der Waals surface area contributed by atoms with Gasteiger partial charge in [0.15, 0.2) is 11.5 Å². The number of rotatable bonds is 2. The van der Waals surface area contributed by atoms with E-state index in [4.69, 9.17) is 18.9 Å². The van der Waals surface area contributed by atoms with E-state index in [2.05, 4.69) is 0 Å². The van der Waals surface area contributed by atoms with E-state index >= 15 is 0 Å². The second kappa shape index (κ2) is 4.73. The van der Waals surface area contributed by atoms with E-state index in [1.165, 1.54) is 7.11 Å². The number of methoxy groups -OCH3 is 2. The molecule has 2 aliphatic heterocycles. The molecule has 5 heteroatoms. The zero-order valence-corrected chi connectivity index (χ0v) is 12.3. The Morgan fingerprint density at radius 3 is 2.68 bits per heavy atom. The molecule has 0 aromatic heterocycles. The lowest BCUT2D eigenvalue weighted by atomic mass is 9.89. The van der Waals surface area contributed by atoms with Crippen LogP contribution in [-0.2, 0) is 0 Å². The van der Waals surface area contributed by atoms with E-state index < -0.39 is 0 Å². The molecule has 0 saturated heterocycles. The van der Waals surface area contributed by atoms with Crippen molar-refractivity contribution in [2.24, 2.45) is 0 Å². The third kappa shape index (κ3) is 1.71. The third-order valence-corrected chi connectivity index (χ3v) is 4.30. The lowest BCUT2D eigenvalue weighted by Gasteiger charge is -2.28. The molecule has 2 aromatic rings. The number of fused-ring (bicyclic) bond motifs is 5. The highest BCUT2D eigenvalue weighted by Gasteiger charge is 2.42. The molecule has 0 saturated carbocycles.